The molecule has 1 aromatic rings. The van der Waals surface area contributed by atoms with Crippen molar-refractivity contribution in [3.8, 4) is 0 Å². The molecule has 2 heteroatoms. The maximum atomic E-state index is 6.09. The summed E-state index contributed by atoms with van der Waals surface area (Å²) in [6.45, 7) is 5.82. The summed E-state index contributed by atoms with van der Waals surface area (Å²) in [4.78, 5) is 2.76. The lowest BCUT2D eigenvalue weighted by Crippen LogP contribution is -2.49. The zero-order valence-corrected chi connectivity index (χ0v) is 13.4. The lowest BCUT2D eigenvalue weighted by Gasteiger charge is -2.45. The van der Waals surface area contributed by atoms with Crippen LogP contribution in [0.15, 0.2) is 30.3 Å². The minimum absolute atomic E-state index is 0.707. The Hall–Kier alpha value is -0.860. The van der Waals surface area contributed by atoms with Crippen molar-refractivity contribution < 1.29 is 0 Å². The van der Waals surface area contributed by atoms with Gasteiger partial charge in [0.05, 0.1) is 0 Å². The average molecular weight is 286 g/mol. The first-order valence-corrected chi connectivity index (χ1v) is 8.77. The highest BCUT2D eigenvalue weighted by Crippen LogP contribution is 2.39. The Bertz CT molecular complexity index is 422. The largest absolute Gasteiger partial charge is 0.330 e. The Kier molecular flexibility index (Phi) is 4.97. The molecule has 2 nitrogen and oxygen atoms in total. The van der Waals surface area contributed by atoms with Crippen LogP contribution in [0.25, 0.3) is 0 Å². The molecule has 1 heterocycles. The molecule has 1 saturated carbocycles. The van der Waals surface area contributed by atoms with Crippen LogP contribution >= 0.6 is 0 Å². The number of benzene rings is 1. The molecular formula is C19H30N2. The highest BCUT2D eigenvalue weighted by atomic mass is 15.2. The lowest BCUT2D eigenvalue weighted by molar-refractivity contribution is 0.0671. The Balaban J connectivity index is 1.70. The third kappa shape index (κ3) is 3.49. The fourth-order valence-corrected chi connectivity index (χ4v) is 4.32. The van der Waals surface area contributed by atoms with Gasteiger partial charge in [-0.05, 0) is 75.1 Å². The SMILES string of the molecule is CC1CCN(C2CC(c3ccccc3)CCC2CN)CC1. The predicted octanol–water partition coefficient (Wildman–Crippen LogP) is 3.63. The van der Waals surface area contributed by atoms with E-state index in [2.05, 4.69) is 42.2 Å². The van der Waals surface area contributed by atoms with Crippen molar-refractivity contribution in [2.24, 2.45) is 17.6 Å². The van der Waals surface area contributed by atoms with Gasteiger partial charge in [-0.3, -0.25) is 0 Å². The van der Waals surface area contributed by atoms with Gasteiger partial charge in [0.1, 0.15) is 0 Å². The molecule has 116 valence electrons. The Morgan fingerprint density at radius 1 is 1.05 bits per heavy atom. The maximum Gasteiger partial charge on any atom is 0.0141 e. The van der Waals surface area contributed by atoms with Crippen molar-refractivity contribution in [3.63, 3.8) is 0 Å². The van der Waals surface area contributed by atoms with E-state index in [1.54, 1.807) is 0 Å². The van der Waals surface area contributed by atoms with E-state index in [9.17, 15) is 0 Å². The molecule has 3 atom stereocenters. The summed E-state index contributed by atoms with van der Waals surface area (Å²) in [5.41, 5.74) is 7.62. The van der Waals surface area contributed by atoms with E-state index in [1.807, 2.05) is 0 Å². The fourth-order valence-electron chi connectivity index (χ4n) is 4.32. The summed E-state index contributed by atoms with van der Waals surface area (Å²) in [6, 6.07) is 11.8. The molecule has 0 bridgehead atoms. The molecule has 2 aliphatic rings. The van der Waals surface area contributed by atoms with E-state index < -0.39 is 0 Å². The zero-order valence-electron chi connectivity index (χ0n) is 13.4. The van der Waals surface area contributed by atoms with Gasteiger partial charge in [0, 0.05) is 6.04 Å². The molecule has 1 aliphatic heterocycles. The standard InChI is InChI=1S/C19H30N2/c1-15-9-11-21(12-10-15)19-13-17(7-8-18(19)14-20)16-5-3-2-4-6-16/h2-6,15,17-19H,7-14,20H2,1H3. The maximum absolute atomic E-state index is 6.09. The number of nitrogens with two attached hydrogens (primary N) is 1. The molecule has 3 unspecified atom stereocenters. The van der Waals surface area contributed by atoms with Crippen molar-refractivity contribution in [1.29, 1.82) is 0 Å². The Labute approximate surface area is 129 Å². The van der Waals surface area contributed by atoms with Gasteiger partial charge >= 0.3 is 0 Å². The number of nitrogens with zero attached hydrogens (tertiary/aromatic N) is 1. The molecule has 1 saturated heterocycles. The van der Waals surface area contributed by atoms with E-state index >= 15 is 0 Å². The van der Waals surface area contributed by atoms with Gasteiger partial charge in [0.2, 0.25) is 0 Å². The molecule has 0 amide bonds. The van der Waals surface area contributed by atoms with Crippen molar-refractivity contribution in [1.82, 2.24) is 4.90 Å². The number of hydrogen-bond donors (Lipinski definition) is 1. The third-order valence-corrected chi connectivity index (χ3v) is 5.82. The molecule has 21 heavy (non-hydrogen) atoms. The highest BCUT2D eigenvalue weighted by Gasteiger charge is 2.35. The topological polar surface area (TPSA) is 29.3 Å². The normalized spacial score (nSPS) is 32.2. The van der Waals surface area contributed by atoms with Crippen LogP contribution < -0.4 is 5.73 Å². The number of likely N-dealkylation sites (tertiary alicyclic amines) is 1. The van der Waals surface area contributed by atoms with Crippen LogP contribution in [0.3, 0.4) is 0 Å². The summed E-state index contributed by atoms with van der Waals surface area (Å²) in [7, 11) is 0. The number of piperidine rings is 1. The van der Waals surface area contributed by atoms with Crippen LogP contribution in [-0.4, -0.2) is 30.6 Å². The summed E-state index contributed by atoms with van der Waals surface area (Å²) in [6.07, 6.45) is 6.65. The molecule has 2 N–H and O–H groups in total. The predicted molar refractivity (Wildman–Crippen MR) is 89.3 cm³/mol. The monoisotopic (exact) mass is 286 g/mol. The molecule has 1 aromatic carbocycles. The highest BCUT2D eigenvalue weighted by molar-refractivity contribution is 5.20. The van der Waals surface area contributed by atoms with Gasteiger partial charge in [0.15, 0.2) is 0 Å². The van der Waals surface area contributed by atoms with Gasteiger partial charge in [0.25, 0.3) is 0 Å². The van der Waals surface area contributed by atoms with Crippen molar-refractivity contribution in [3.05, 3.63) is 35.9 Å². The molecule has 0 spiro atoms. The van der Waals surface area contributed by atoms with Crippen LogP contribution in [0.1, 0.15) is 50.5 Å². The first-order valence-electron chi connectivity index (χ1n) is 8.77. The van der Waals surface area contributed by atoms with Crippen LogP contribution in [0.4, 0.5) is 0 Å². The first-order chi connectivity index (χ1) is 10.3. The van der Waals surface area contributed by atoms with Crippen LogP contribution in [-0.2, 0) is 0 Å². The minimum Gasteiger partial charge on any atom is -0.330 e. The Morgan fingerprint density at radius 3 is 2.43 bits per heavy atom. The van der Waals surface area contributed by atoms with Crippen LogP contribution in [0.2, 0.25) is 0 Å². The van der Waals surface area contributed by atoms with Crippen LogP contribution in [0, 0.1) is 11.8 Å². The summed E-state index contributed by atoms with van der Waals surface area (Å²) < 4.78 is 0. The van der Waals surface area contributed by atoms with Gasteiger partial charge in [-0.2, -0.15) is 0 Å². The average Bonchev–Trinajstić information content (AvgIpc) is 2.56. The smallest absolute Gasteiger partial charge is 0.0141 e. The molecule has 0 aromatic heterocycles. The lowest BCUT2D eigenvalue weighted by atomic mass is 9.74. The summed E-state index contributed by atoms with van der Waals surface area (Å²) in [5.74, 6) is 2.35. The van der Waals surface area contributed by atoms with E-state index in [1.165, 1.54) is 50.8 Å². The molecule has 2 fully saturated rings. The summed E-state index contributed by atoms with van der Waals surface area (Å²) >= 11 is 0. The van der Waals surface area contributed by atoms with Gasteiger partial charge in [-0.25, -0.2) is 0 Å². The molecular weight excluding hydrogens is 256 g/mol. The third-order valence-electron chi connectivity index (χ3n) is 5.82. The molecule has 3 rings (SSSR count). The number of hydrogen-bond acceptors (Lipinski definition) is 2. The quantitative estimate of drug-likeness (QED) is 0.919. The number of rotatable bonds is 3. The first kappa shape index (κ1) is 15.1. The fraction of sp³-hybridized carbons (Fsp3) is 0.684. The Morgan fingerprint density at radius 2 is 1.76 bits per heavy atom. The zero-order chi connectivity index (χ0) is 14.7. The van der Waals surface area contributed by atoms with E-state index in [0.29, 0.717) is 12.0 Å². The minimum atomic E-state index is 0.707. The summed E-state index contributed by atoms with van der Waals surface area (Å²) in [5, 5.41) is 0. The second kappa shape index (κ2) is 6.93. The molecule has 1 aliphatic carbocycles. The van der Waals surface area contributed by atoms with Crippen molar-refractivity contribution in [2.45, 2.75) is 51.0 Å². The van der Waals surface area contributed by atoms with E-state index in [0.717, 1.165) is 18.4 Å². The van der Waals surface area contributed by atoms with Gasteiger partial charge < -0.3 is 10.6 Å². The molecule has 0 radical (unpaired) electrons. The van der Waals surface area contributed by atoms with Crippen molar-refractivity contribution in [2.75, 3.05) is 19.6 Å². The second-order valence-corrected chi connectivity index (χ2v) is 7.20. The van der Waals surface area contributed by atoms with Gasteiger partial charge in [-0.15, -0.1) is 0 Å². The van der Waals surface area contributed by atoms with Gasteiger partial charge in [-0.1, -0.05) is 37.3 Å². The van der Waals surface area contributed by atoms with E-state index in [4.69, 9.17) is 5.73 Å². The van der Waals surface area contributed by atoms with E-state index in [-0.39, 0.29) is 0 Å². The van der Waals surface area contributed by atoms with Crippen LogP contribution in [0.5, 0.6) is 0 Å². The second-order valence-electron chi connectivity index (χ2n) is 7.20. The van der Waals surface area contributed by atoms with Crippen molar-refractivity contribution >= 4 is 0 Å².